The van der Waals surface area contributed by atoms with E-state index >= 15 is 0 Å². The van der Waals surface area contributed by atoms with Crippen molar-refractivity contribution in [3.05, 3.63) is 0 Å². The fourth-order valence-corrected chi connectivity index (χ4v) is 2.29. The van der Waals surface area contributed by atoms with E-state index in [1.54, 1.807) is 13.8 Å². The summed E-state index contributed by atoms with van der Waals surface area (Å²) in [6.07, 6.45) is 0.251. The molecular weight excluding hydrogens is 214 g/mol. The van der Waals surface area contributed by atoms with E-state index in [0.29, 0.717) is 6.42 Å². The molecule has 0 bridgehead atoms. The molecule has 1 atom stereocenters. The maximum Gasteiger partial charge on any atom is 0.345 e. The van der Waals surface area contributed by atoms with Gasteiger partial charge in [-0.05, 0) is 20.3 Å². The first-order valence-electron chi connectivity index (χ1n) is 4.13. The van der Waals surface area contributed by atoms with Crippen molar-refractivity contribution in [1.82, 2.24) is 0 Å². The minimum Gasteiger partial charge on any atom is -0.396 e. The Bertz CT molecular complexity index is 174. The predicted molar refractivity (Wildman–Crippen MR) is 52.2 cm³/mol. The second-order valence-corrected chi connectivity index (χ2v) is 5.44. The molecule has 1 N–H and O–H groups in total. The number of alkyl halides is 1. The molecule has 0 rings (SSSR count). The van der Waals surface area contributed by atoms with Crippen LogP contribution < -0.4 is 0 Å². The molecule has 0 amide bonds. The zero-order valence-electron chi connectivity index (χ0n) is 7.90. The van der Waals surface area contributed by atoms with Crippen LogP contribution in [0.15, 0.2) is 0 Å². The topological polar surface area (TPSA) is 55.8 Å². The summed E-state index contributed by atoms with van der Waals surface area (Å²) in [5.74, 6) is 0. The molecule has 0 aromatic rings. The Labute approximate surface area is 83.7 Å². The fraction of sp³-hybridized carbons (Fsp3) is 1.00. The second kappa shape index (κ2) is 6.80. The Kier molecular flexibility index (Phi) is 7.00. The van der Waals surface area contributed by atoms with Crippen LogP contribution in [-0.4, -0.2) is 30.0 Å². The number of halogens is 1. The van der Waals surface area contributed by atoms with Crippen LogP contribution >= 0.6 is 19.2 Å². The third kappa shape index (κ3) is 6.47. The lowest BCUT2D eigenvalue weighted by molar-refractivity contribution is 0.160. The van der Waals surface area contributed by atoms with Crippen LogP contribution in [-0.2, 0) is 13.6 Å². The van der Waals surface area contributed by atoms with Gasteiger partial charge in [0.2, 0.25) is 0 Å². The van der Waals surface area contributed by atoms with Gasteiger partial charge in [-0.25, -0.2) is 0 Å². The zero-order valence-corrected chi connectivity index (χ0v) is 9.55. The van der Waals surface area contributed by atoms with Crippen molar-refractivity contribution in [2.45, 2.75) is 26.4 Å². The molecule has 0 radical (unpaired) electrons. The van der Waals surface area contributed by atoms with Crippen molar-refractivity contribution in [1.29, 1.82) is 0 Å². The molecule has 0 aromatic carbocycles. The van der Waals surface area contributed by atoms with Crippen molar-refractivity contribution in [3.8, 4) is 0 Å². The average molecular weight is 231 g/mol. The SMILES string of the molecule is CC(C)O[P@@](=O)(CCl)OCCCO. The van der Waals surface area contributed by atoms with Gasteiger partial charge in [-0.15, -0.1) is 11.6 Å². The first kappa shape index (κ1) is 13.4. The molecule has 0 saturated carbocycles. The lowest BCUT2D eigenvalue weighted by Crippen LogP contribution is -2.05. The Morgan fingerprint density at radius 1 is 1.54 bits per heavy atom. The summed E-state index contributed by atoms with van der Waals surface area (Å²) in [6.45, 7) is 3.72. The zero-order chi connectivity index (χ0) is 10.3. The molecule has 0 aliphatic carbocycles. The third-order valence-corrected chi connectivity index (χ3v) is 3.60. The van der Waals surface area contributed by atoms with Crippen LogP contribution in [0.25, 0.3) is 0 Å². The van der Waals surface area contributed by atoms with Gasteiger partial charge < -0.3 is 14.2 Å². The highest BCUT2D eigenvalue weighted by molar-refractivity contribution is 7.55. The van der Waals surface area contributed by atoms with Crippen molar-refractivity contribution >= 4 is 19.2 Å². The molecule has 0 unspecified atom stereocenters. The lowest BCUT2D eigenvalue weighted by Gasteiger charge is -2.18. The van der Waals surface area contributed by atoms with Crippen molar-refractivity contribution in [2.75, 3.05) is 18.8 Å². The summed E-state index contributed by atoms with van der Waals surface area (Å²) in [7, 11) is -3.13. The van der Waals surface area contributed by atoms with Crippen LogP contribution in [0.4, 0.5) is 0 Å². The van der Waals surface area contributed by atoms with Gasteiger partial charge in [-0.1, -0.05) is 0 Å². The van der Waals surface area contributed by atoms with Gasteiger partial charge in [0.05, 0.1) is 12.7 Å². The Morgan fingerprint density at radius 2 is 2.15 bits per heavy atom. The normalized spacial score (nSPS) is 16.1. The summed E-state index contributed by atoms with van der Waals surface area (Å²) in [6, 6.07) is 0. The molecule has 4 nitrogen and oxygen atoms in total. The minimum absolute atomic E-state index is 0.00393. The van der Waals surface area contributed by atoms with Gasteiger partial charge in [0.1, 0.15) is 5.62 Å². The Balaban J connectivity index is 3.89. The molecule has 0 aliphatic rings. The van der Waals surface area contributed by atoms with Gasteiger partial charge in [0, 0.05) is 6.61 Å². The van der Waals surface area contributed by atoms with E-state index in [1.807, 2.05) is 0 Å². The Hall–Kier alpha value is 0.400. The molecule has 6 heteroatoms. The van der Waals surface area contributed by atoms with E-state index in [9.17, 15) is 4.57 Å². The van der Waals surface area contributed by atoms with Gasteiger partial charge in [0.25, 0.3) is 0 Å². The van der Waals surface area contributed by atoms with Gasteiger partial charge >= 0.3 is 7.60 Å². The molecule has 0 aromatic heterocycles. The molecule has 0 heterocycles. The summed E-state index contributed by atoms with van der Waals surface area (Å²) < 4.78 is 21.6. The first-order chi connectivity index (χ1) is 6.04. The Morgan fingerprint density at radius 3 is 2.54 bits per heavy atom. The largest absolute Gasteiger partial charge is 0.396 e. The first-order valence-corrected chi connectivity index (χ1v) is 6.39. The van der Waals surface area contributed by atoms with Crippen LogP contribution in [0, 0.1) is 0 Å². The van der Waals surface area contributed by atoms with E-state index in [-0.39, 0.29) is 24.9 Å². The molecule has 0 fully saturated rings. The number of aliphatic hydroxyl groups is 1. The van der Waals surface area contributed by atoms with E-state index in [4.69, 9.17) is 25.8 Å². The monoisotopic (exact) mass is 230 g/mol. The smallest absolute Gasteiger partial charge is 0.345 e. The molecular formula is C7H16ClO4P. The molecule has 13 heavy (non-hydrogen) atoms. The molecule has 0 saturated heterocycles. The predicted octanol–water partition coefficient (Wildman–Crippen LogP) is 2.20. The van der Waals surface area contributed by atoms with Gasteiger partial charge in [-0.2, -0.15) is 0 Å². The minimum atomic E-state index is -3.13. The molecule has 80 valence electrons. The van der Waals surface area contributed by atoms with Crippen LogP contribution in [0.5, 0.6) is 0 Å². The maximum absolute atomic E-state index is 11.6. The quantitative estimate of drug-likeness (QED) is 0.414. The number of hydrogen-bond acceptors (Lipinski definition) is 4. The number of aliphatic hydroxyl groups excluding tert-OH is 1. The van der Waals surface area contributed by atoms with Crippen LogP contribution in [0.3, 0.4) is 0 Å². The summed E-state index contributed by atoms with van der Waals surface area (Å²) >= 11 is 5.46. The van der Waals surface area contributed by atoms with Crippen molar-refractivity contribution in [3.63, 3.8) is 0 Å². The van der Waals surface area contributed by atoms with Gasteiger partial charge in [-0.3, -0.25) is 4.57 Å². The highest BCUT2D eigenvalue weighted by Gasteiger charge is 2.24. The molecule has 0 spiro atoms. The highest BCUT2D eigenvalue weighted by Crippen LogP contribution is 2.50. The average Bonchev–Trinajstić information content (AvgIpc) is 2.04. The summed E-state index contributed by atoms with van der Waals surface area (Å²) in [4.78, 5) is 0. The van der Waals surface area contributed by atoms with Crippen molar-refractivity contribution in [2.24, 2.45) is 0 Å². The van der Waals surface area contributed by atoms with E-state index in [2.05, 4.69) is 0 Å². The second-order valence-electron chi connectivity index (χ2n) is 2.79. The standard InChI is InChI=1S/C7H16ClO4P/c1-7(2)12-13(10,6-8)11-5-3-4-9/h7,9H,3-6H2,1-2H3/t13-/m1/s1. The van der Waals surface area contributed by atoms with Crippen molar-refractivity contribution < 1.29 is 18.7 Å². The summed E-state index contributed by atoms with van der Waals surface area (Å²) in [5, 5.41) is 8.47. The van der Waals surface area contributed by atoms with Crippen LogP contribution in [0.2, 0.25) is 0 Å². The summed E-state index contributed by atoms with van der Waals surface area (Å²) in [5.41, 5.74) is -0.156. The maximum atomic E-state index is 11.6. The van der Waals surface area contributed by atoms with E-state index in [0.717, 1.165) is 0 Å². The number of rotatable bonds is 7. The fourth-order valence-electron chi connectivity index (χ4n) is 0.682. The van der Waals surface area contributed by atoms with Gasteiger partial charge in [0.15, 0.2) is 0 Å². The van der Waals surface area contributed by atoms with E-state index < -0.39 is 7.60 Å². The third-order valence-electron chi connectivity index (χ3n) is 1.11. The van der Waals surface area contributed by atoms with Crippen LogP contribution in [0.1, 0.15) is 20.3 Å². The highest BCUT2D eigenvalue weighted by atomic mass is 35.5. The lowest BCUT2D eigenvalue weighted by atomic mass is 10.5. The number of hydrogen-bond donors (Lipinski definition) is 1. The van der Waals surface area contributed by atoms with E-state index in [1.165, 1.54) is 0 Å². The molecule has 0 aliphatic heterocycles.